The van der Waals surface area contributed by atoms with Crippen molar-refractivity contribution in [3.8, 4) is 0 Å². The van der Waals surface area contributed by atoms with E-state index in [1.807, 2.05) is 13.8 Å². The second kappa shape index (κ2) is 5.32. The smallest absolute Gasteiger partial charge is 0.264 e. The monoisotopic (exact) mass is 192 g/mol. The second-order valence-corrected chi connectivity index (χ2v) is 4.64. The Bertz CT molecular complexity index is 235. The van der Waals surface area contributed by atoms with Gasteiger partial charge in [-0.3, -0.25) is 4.55 Å². The van der Waals surface area contributed by atoms with Crippen molar-refractivity contribution in [1.29, 1.82) is 0 Å². The van der Waals surface area contributed by atoms with E-state index in [0.717, 1.165) is 12.8 Å². The summed E-state index contributed by atoms with van der Waals surface area (Å²) in [4.78, 5) is 0. The third kappa shape index (κ3) is 9.65. The maximum absolute atomic E-state index is 10.3. The van der Waals surface area contributed by atoms with Crippen molar-refractivity contribution in [3.63, 3.8) is 0 Å². The molecule has 0 spiro atoms. The molecule has 0 heterocycles. The predicted octanol–water partition coefficient (Wildman–Crippen LogP) is 2.01. The Morgan fingerprint density at radius 1 is 1.33 bits per heavy atom. The number of rotatable bonds is 5. The Kier molecular flexibility index (Phi) is 5.17. The lowest BCUT2D eigenvalue weighted by molar-refractivity contribution is 0.480. The van der Waals surface area contributed by atoms with Crippen molar-refractivity contribution in [2.24, 2.45) is 0 Å². The van der Waals surface area contributed by atoms with E-state index < -0.39 is 10.1 Å². The van der Waals surface area contributed by atoms with Gasteiger partial charge in [0.1, 0.15) is 0 Å². The van der Waals surface area contributed by atoms with Gasteiger partial charge in [-0.2, -0.15) is 8.42 Å². The maximum atomic E-state index is 10.3. The van der Waals surface area contributed by atoms with Crippen LogP contribution in [0.1, 0.15) is 33.1 Å². The topological polar surface area (TPSA) is 54.4 Å². The summed E-state index contributed by atoms with van der Waals surface area (Å²) in [5.41, 5.74) is 1.24. The minimum atomic E-state index is -3.75. The number of unbranched alkanes of at least 4 members (excludes halogenated alkanes) is 2. The minimum absolute atomic E-state index is 0.121. The summed E-state index contributed by atoms with van der Waals surface area (Å²) in [6, 6.07) is 0. The molecule has 0 aromatic rings. The highest BCUT2D eigenvalue weighted by Gasteiger charge is 2.01. The van der Waals surface area contributed by atoms with Crippen LogP contribution in [0.4, 0.5) is 0 Å². The zero-order valence-corrected chi connectivity index (χ0v) is 8.39. The zero-order chi connectivity index (χ0) is 9.61. The van der Waals surface area contributed by atoms with Gasteiger partial charge in [0.05, 0.1) is 5.75 Å². The zero-order valence-electron chi connectivity index (χ0n) is 7.58. The van der Waals surface area contributed by atoms with E-state index >= 15 is 0 Å². The standard InChI is InChI=1S/C8H16O3S/c1-8(2)6-4-3-5-7-12(9,10)11/h6H,3-5,7H2,1-2H3,(H,9,10,11). The molecule has 72 valence electrons. The fourth-order valence-electron chi connectivity index (χ4n) is 0.820. The Morgan fingerprint density at radius 3 is 2.33 bits per heavy atom. The van der Waals surface area contributed by atoms with E-state index in [0.29, 0.717) is 6.42 Å². The fraction of sp³-hybridized carbons (Fsp3) is 0.750. The van der Waals surface area contributed by atoms with E-state index in [1.54, 1.807) is 0 Å². The molecule has 0 amide bonds. The number of hydrogen-bond donors (Lipinski definition) is 1. The molecule has 3 nitrogen and oxygen atoms in total. The first-order valence-electron chi connectivity index (χ1n) is 4.00. The molecule has 0 aliphatic carbocycles. The molecule has 0 aliphatic heterocycles. The molecule has 4 heteroatoms. The molecular weight excluding hydrogens is 176 g/mol. The molecule has 0 saturated heterocycles. The van der Waals surface area contributed by atoms with Crippen LogP contribution in [0.25, 0.3) is 0 Å². The summed E-state index contributed by atoms with van der Waals surface area (Å²) in [5, 5.41) is 0. The van der Waals surface area contributed by atoms with Gasteiger partial charge >= 0.3 is 0 Å². The van der Waals surface area contributed by atoms with Crippen LogP contribution >= 0.6 is 0 Å². The van der Waals surface area contributed by atoms with Crippen LogP contribution in [0.15, 0.2) is 11.6 Å². The van der Waals surface area contributed by atoms with E-state index in [-0.39, 0.29) is 5.75 Å². The van der Waals surface area contributed by atoms with Gasteiger partial charge in [0.25, 0.3) is 10.1 Å². The van der Waals surface area contributed by atoms with Gasteiger partial charge in [-0.1, -0.05) is 11.6 Å². The third-order valence-corrected chi connectivity index (χ3v) is 2.21. The molecule has 0 fully saturated rings. The van der Waals surface area contributed by atoms with Crippen LogP contribution in [0.5, 0.6) is 0 Å². The first kappa shape index (κ1) is 11.6. The summed E-state index contributed by atoms with van der Waals surface area (Å²) in [6.45, 7) is 4.01. The Hall–Kier alpha value is -0.350. The quantitative estimate of drug-likeness (QED) is 0.412. The molecule has 0 unspecified atom stereocenters. The molecule has 12 heavy (non-hydrogen) atoms. The molecular formula is C8H16O3S. The Morgan fingerprint density at radius 2 is 1.92 bits per heavy atom. The minimum Gasteiger partial charge on any atom is -0.286 e. The van der Waals surface area contributed by atoms with Crippen LogP contribution in [-0.2, 0) is 10.1 Å². The average Bonchev–Trinajstić information content (AvgIpc) is 1.83. The highest BCUT2D eigenvalue weighted by atomic mass is 32.2. The molecule has 0 atom stereocenters. The van der Waals surface area contributed by atoms with Crippen molar-refractivity contribution < 1.29 is 13.0 Å². The Balaban J connectivity index is 3.41. The van der Waals surface area contributed by atoms with Gasteiger partial charge in [-0.05, 0) is 33.1 Å². The highest BCUT2D eigenvalue weighted by Crippen LogP contribution is 2.01. The summed E-state index contributed by atoms with van der Waals surface area (Å²) in [6.07, 6.45) is 4.29. The van der Waals surface area contributed by atoms with Crippen molar-refractivity contribution >= 4 is 10.1 Å². The third-order valence-electron chi connectivity index (χ3n) is 1.41. The predicted molar refractivity (Wildman–Crippen MR) is 49.7 cm³/mol. The van der Waals surface area contributed by atoms with E-state index in [1.165, 1.54) is 5.57 Å². The normalized spacial score (nSPS) is 11.2. The SMILES string of the molecule is CC(C)=CCCCCS(=O)(=O)O. The molecule has 0 aromatic heterocycles. The van der Waals surface area contributed by atoms with Crippen LogP contribution in [0.2, 0.25) is 0 Å². The molecule has 0 bridgehead atoms. The lowest BCUT2D eigenvalue weighted by Crippen LogP contribution is -2.02. The van der Waals surface area contributed by atoms with E-state index in [2.05, 4.69) is 6.08 Å². The van der Waals surface area contributed by atoms with Crippen molar-refractivity contribution in [1.82, 2.24) is 0 Å². The van der Waals surface area contributed by atoms with Crippen LogP contribution < -0.4 is 0 Å². The van der Waals surface area contributed by atoms with Gasteiger partial charge in [-0.15, -0.1) is 0 Å². The summed E-state index contributed by atoms with van der Waals surface area (Å²) in [7, 11) is -3.75. The van der Waals surface area contributed by atoms with E-state index in [4.69, 9.17) is 4.55 Å². The van der Waals surface area contributed by atoms with Crippen LogP contribution in [0, 0.1) is 0 Å². The molecule has 0 radical (unpaired) electrons. The maximum Gasteiger partial charge on any atom is 0.264 e. The summed E-state index contributed by atoms with van der Waals surface area (Å²) < 4.78 is 28.9. The first-order chi connectivity index (χ1) is 5.42. The number of hydrogen-bond acceptors (Lipinski definition) is 2. The number of allylic oxidation sites excluding steroid dienone is 2. The van der Waals surface area contributed by atoms with Crippen LogP contribution in [-0.4, -0.2) is 18.7 Å². The first-order valence-corrected chi connectivity index (χ1v) is 5.61. The van der Waals surface area contributed by atoms with Gasteiger partial charge in [0, 0.05) is 0 Å². The van der Waals surface area contributed by atoms with E-state index in [9.17, 15) is 8.42 Å². The summed E-state index contributed by atoms with van der Waals surface area (Å²) >= 11 is 0. The Labute approximate surface area is 74.2 Å². The molecule has 0 aromatic carbocycles. The molecule has 1 N–H and O–H groups in total. The van der Waals surface area contributed by atoms with Gasteiger partial charge in [0.15, 0.2) is 0 Å². The highest BCUT2D eigenvalue weighted by molar-refractivity contribution is 7.85. The van der Waals surface area contributed by atoms with Crippen molar-refractivity contribution in [2.45, 2.75) is 33.1 Å². The second-order valence-electron chi connectivity index (χ2n) is 3.06. The van der Waals surface area contributed by atoms with Crippen LogP contribution in [0.3, 0.4) is 0 Å². The lowest BCUT2D eigenvalue weighted by atomic mass is 10.2. The average molecular weight is 192 g/mol. The van der Waals surface area contributed by atoms with Gasteiger partial charge in [-0.25, -0.2) is 0 Å². The van der Waals surface area contributed by atoms with Crippen molar-refractivity contribution in [3.05, 3.63) is 11.6 Å². The molecule has 0 saturated carbocycles. The van der Waals surface area contributed by atoms with Gasteiger partial charge < -0.3 is 0 Å². The fourth-order valence-corrected chi connectivity index (χ4v) is 1.39. The molecule has 0 rings (SSSR count). The molecule has 0 aliphatic rings. The largest absolute Gasteiger partial charge is 0.286 e. The van der Waals surface area contributed by atoms with Crippen molar-refractivity contribution in [2.75, 3.05) is 5.75 Å². The van der Waals surface area contributed by atoms with Gasteiger partial charge in [0.2, 0.25) is 0 Å². The summed E-state index contributed by atoms with van der Waals surface area (Å²) in [5.74, 6) is -0.121. The lowest BCUT2D eigenvalue weighted by Gasteiger charge is -1.95.